The normalized spacial score (nSPS) is 10.7. The van der Waals surface area contributed by atoms with Crippen molar-refractivity contribution in [1.82, 2.24) is 14.9 Å². The summed E-state index contributed by atoms with van der Waals surface area (Å²) in [4.78, 5) is 41.1. The van der Waals surface area contributed by atoms with Crippen molar-refractivity contribution in [2.24, 2.45) is 0 Å². The summed E-state index contributed by atoms with van der Waals surface area (Å²) in [5, 5.41) is 2.82. The van der Waals surface area contributed by atoms with Gasteiger partial charge < -0.3 is 20.7 Å². The number of amides is 1. The van der Waals surface area contributed by atoms with Crippen LogP contribution in [0.5, 0.6) is 0 Å². The molecule has 1 aromatic heterocycles. The molecule has 0 aliphatic rings. The van der Waals surface area contributed by atoms with Crippen LogP contribution < -0.4 is 27.2 Å². The van der Waals surface area contributed by atoms with Crippen LogP contribution >= 0.6 is 0 Å². The van der Waals surface area contributed by atoms with Crippen molar-refractivity contribution in [3.8, 4) is 0 Å². The summed E-state index contributed by atoms with van der Waals surface area (Å²) in [5.74, 6) is -0.214. The summed E-state index contributed by atoms with van der Waals surface area (Å²) in [6, 6.07) is 9.31. The number of unbranched alkanes of at least 4 members (excludes halogenated alkanes) is 1. The number of aromatic nitrogens is 2. The molecule has 1 heterocycles. The molecule has 0 saturated heterocycles. The number of nitrogens with zero attached hydrogens (tertiary/aromatic N) is 2. The first-order chi connectivity index (χ1) is 14.0. The SMILES string of the molecule is CCCCNC(=O)CN(CCOC)c1c(N)n(Cc2ccccc2)c(=O)[nH]c1=O. The van der Waals surface area contributed by atoms with Crippen molar-refractivity contribution < 1.29 is 9.53 Å². The topological polar surface area (TPSA) is 122 Å². The highest BCUT2D eigenvalue weighted by atomic mass is 16.5. The standard InChI is InChI=1S/C20H29N5O4/c1-3-4-10-22-16(26)14-24(11-12-29-2)17-18(21)25(20(28)23-19(17)27)13-15-8-6-5-7-9-15/h5-9H,3-4,10-14,21H2,1-2H3,(H,22,26)(H,23,27,28). The van der Waals surface area contributed by atoms with Gasteiger partial charge in [0.2, 0.25) is 5.91 Å². The van der Waals surface area contributed by atoms with E-state index in [0.717, 1.165) is 18.4 Å². The Morgan fingerprint density at radius 1 is 1.28 bits per heavy atom. The Bertz CT molecular complexity index is 907. The fourth-order valence-corrected chi connectivity index (χ4v) is 2.91. The van der Waals surface area contributed by atoms with Crippen LogP contribution in [0.4, 0.5) is 11.5 Å². The summed E-state index contributed by atoms with van der Waals surface area (Å²) in [6.07, 6.45) is 1.83. The number of methoxy groups -OCH3 is 1. The first-order valence-electron chi connectivity index (χ1n) is 9.65. The van der Waals surface area contributed by atoms with Crippen LogP contribution in [-0.4, -0.2) is 48.8 Å². The number of aromatic amines is 1. The van der Waals surface area contributed by atoms with Gasteiger partial charge in [-0.25, -0.2) is 4.79 Å². The molecule has 2 rings (SSSR count). The van der Waals surface area contributed by atoms with Gasteiger partial charge in [0.25, 0.3) is 5.56 Å². The molecule has 0 unspecified atom stereocenters. The molecular weight excluding hydrogens is 374 g/mol. The van der Waals surface area contributed by atoms with Gasteiger partial charge in [0, 0.05) is 20.2 Å². The lowest BCUT2D eigenvalue weighted by Crippen LogP contribution is -2.44. The summed E-state index contributed by atoms with van der Waals surface area (Å²) in [7, 11) is 1.53. The lowest BCUT2D eigenvalue weighted by Gasteiger charge is -2.25. The van der Waals surface area contributed by atoms with Crippen LogP contribution in [0.25, 0.3) is 0 Å². The molecule has 0 spiro atoms. The number of nitrogens with one attached hydrogen (secondary N) is 2. The van der Waals surface area contributed by atoms with E-state index in [1.54, 1.807) is 4.90 Å². The van der Waals surface area contributed by atoms with Gasteiger partial charge in [0.15, 0.2) is 0 Å². The average Bonchev–Trinajstić information content (AvgIpc) is 2.70. The Morgan fingerprint density at radius 3 is 2.66 bits per heavy atom. The molecule has 1 amide bonds. The number of hydrogen-bond donors (Lipinski definition) is 3. The van der Waals surface area contributed by atoms with E-state index in [1.165, 1.54) is 11.7 Å². The zero-order chi connectivity index (χ0) is 21.2. The van der Waals surface area contributed by atoms with E-state index in [-0.39, 0.29) is 37.0 Å². The molecule has 29 heavy (non-hydrogen) atoms. The molecule has 2 aromatic rings. The Morgan fingerprint density at radius 2 is 2.00 bits per heavy atom. The molecule has 0 bridgehead atoms. The third kappa shape index (κ3) is 6.21. The smallest absolute Gasteiger partial charge is 0.330 e. The second-order valence-corrected chi connectivity index (χ2v) is 6.68. The Labute approximate surface area is 169 Å². The first kappa shape index (κ1) is 22.2. The minimum absolute atomic E-state index is 0.0139. The summed E-state index contributed by atoms with van der Waals surface area (Å²) >= 11 is 0. The summed E-state index contributed by atoms with van der Waals surface area (Å²) in [6.45, 7) is 3.30. The van der Waals surface area contributed by atoms with Crippen molar-refractivity contribution in [3.05, 3.63) is 56.7 Å². The lowest BCUT2D eigenvalue weighted by atomic mass is 10.2. The highest BCUT2D eigenvalue weighted by Gasteiger charge is 2.21. The van der Waals surface area contributed by atoms with E-state index in [0.29, 0.717) is 13.2 Å². The molecule has 9 heteroatoms. The fraction of sp³-hybridized carbons (Fsp3) is 0.450. The van der Waals surface area contributed by atoms with Crippen LogP contribution in [0, 0.1) is 0 Å². The van der Waals surface area contributed by atoms with E-state index in [1.807, 2.05) is 37.3 Å². The van der Waals surface area contributed by atoms with Gasteiger partial charge in [-0.1, -0.05) is 43.7 Å². The Hall–Kier alpha value is -3.07. The van der Waals surface area contributed by atoms with E-state index in [2.05, 4.69) is 10.3 Å². The second-order valence-electron chi connectivity index (χ2n) is 6.68. The predicted molar refractivity (Wildman–Crippen MR) is 113 cm³/mol. The zero-order valence-electron chi connectivity index (χ0n) is 16.9. The molecule has 9 nitrogen and oxygen atoms in total. The molecule has 4 N–H and O–H groups in total. The molecule has 158 valence electrons. The van der Waals surface area contributed by atoms with Gasteiger partial charge in [-0.15, -0.1) is 0 Å². The average molecular weight is 403 g/mol. The maximum Gasteiger partial charge on any atom is 0.330 e. The second kappa shape index (κ2) is 11.1. The van der Waals surface area contributed by atoms with E-state index in [9.17, 15) is 14.4 Å². The van der Waals surface area contributed by atoms with Crippen LogP contribution in [0.1, 0.15) is 25.3 Å². The fourth-order valence-electron chi connectivity index (χ4n) is 2.91. The Kier molecular flexibility index (Phi) is 8.47. The predicted octanol–water partition coefficient (Wildman–Crippen LogP) is 0.536. The number of rotatable bonds is 11. The van der Waals surface area contributed by atoms with Gasteiger partial charge in [0.05, 0.1) is 19.7 Å². The molecule has 0 radical (unpaired) electrons. The maximum absolute atomic E-state index is 12.5. The minimum Gasteiger partial charge on any atom is -0.383 e. The highest BCUT2D eigenvalue weighted by Crippen LogP contribution is 2.17. The van der Waals surface area contributed by atoms with Crippen molar-refractivity contribution in [3.63, 3.8) is 0 Å². The molecule has 0 saturated carbocycles. The molecule has 0 aliphatic heterocycles. The largest absolute Gasteiger partial charge is 0.383 e. The number of nitrogens with two attached hydrogens (primary N) is 1. The van der Waals surface area contributed by atoms with E-state index in [4.69, 9.17) is 10.5 Å². The lowest BCUT2D eigenvalue weighted by molar-refractivity contribution is -0.119. The number of hydrogen-bond acceptors (Lipinski definition) is 6. The molecule has 0 atom stereocenters. The molecule has 1 aromatic carbocycles. The number of carbonyl (C=O) groups is 1. The summed E-state index contributed by atoms with van der Waals surface area (Å²) in [5.41, 5.74) is 5.95. The van der Waals surface area contributed by atoms with Gasteiger partial charge in [-0.2, -0.15) is 0 Å². The summed E-state index contributed by atoms with van der Waals surface area (Å²) < 4.78 is 6.40. The van der Waals surface area contributed by atoms with Crippen molar-refractivity contribution >= 4 is 17.4 Å². The van der Waals surface area contributed by atoms with Crippen LogP contribution in [0.15, 0.2) is 39.9 Å². The highest BCUT2D eigenvalue weighted by molar-refractivity contribution is 5.82. The van der Waals surface area contributed by atoms with E-state index >= 15 is 0 Å². The van der Waals surface area contributed by atoms with Crippen LogP contribution in [-0.2, 0) is 16.1 Å². The molecular formula is C20H29N5O4. The quantitative estimate of drug-likeness (QED) is 0.471. The van der Waals surface area contributed by atoms with Gasteiger partial charge >= 0.3 is 5.69 Å². The number of ether oxygens (including phenoxy) is 1. The molecule has 0 aliphatic carbocycles. The minimum atomic E-state index is -0.630. The Balaban J connectivity index is 2.36. The monoisotopic (exact) mass is 403 g/mol. The third-order valence-corrected chi connectivity index (χ3v) is 4.47. The number of H-pyrrole nitrogens is 1. The first-order valence-corrected chi connectivity index (χ1v) is 9.65. The zero-order valence-corrected chi connectivity index (χ0v) is 16.9. The van der Waals surface area contributed by atoms with Crippen LogP contribution in [0.3, 0.4) is 0 Å². The van der Waals surface area contributed by atoms with Gasteiger partial charge in [-0.3, -0.25) is 19.1 Å². The number of carbonyl (C=O) groups excluding carboxylic acids is 1. The number of benzene rings is 1. The number of anilines is 2. The van der Waals surface area contributed by atoms with E-state index < -0.39 is 11.2 Å². The van der Waals surface area contributed by atoms with Crippen LogP contribution in [0.2, 0.25) is 0 Å². The van der Waals surface area contributed by atoms with Gasteiger partial charge in [-0.05, 0) is 12.0 Å². The third-order valence-electron chi connectivity index (χ3n) is 4.47. The maximum atomic E-state index is 12.5. The van der Waals surface area contributed by atoms with Gasteiger partial charge in [0.1, 0.15) is 11.5 Å². The molecule has 0 fully saturated rings. The number of nitrogen functional groups attached to an aromatic ring is 1. The van der Waals surface area contributed by atoms with Crippen molar-refractivity contribution in [2.45, 2.75) is 26.3 Å². The van der Waals surface area contributed by atoms with Crippen molar-refractivity contribution in [2.75, 3.05) is 44.0 Å². The van der Waals surface area contributed by atoms with Crippen molar-refractivity contribution in [1.29, 1.82) is 0 Å².